The van der Waals surface area contributed by atoms with Crippen molar-refractivity contribution in [2.45, 2.75) is 46.1 Å². The highest BCUT2D eigenvalue weighted by Gasteiger charge is 2.07. The molecule has 0 saturated carbocycles. The Balaban J connectivity index is 1.88. The van der Waals surface area contributed by atoms with Crippen molar-refractivity contribution in [1.29, 1.82) is 0 Å². The van der Waals surface area contributed by atoms with Crippen molar-refractivity contribution >= 4 is 0 Å². The van der Waals surface area contributed by atoms with E-state index >= 15 is 0 Å². The second-order valence-electron chi connectivity index (χ2n) is 6.88. The van der Waals surface area contributed by atoms with E-state index in [2.05, 4.69) is 68.4 Å². The van der Waals surface area contributed by atoms with Crippen molar-refractivity contribution in [3.63, 3.8) is 0 Å². The van der Waals surface area contributed by atoms with E-state index in [1.54, 1.807) is 0 Å². The largest absolute Gasteiger partial charge is 0.392 e. The lowest BCUT2D eigenvalue weighted by Crippen LogP contribution is -1.91. The summed E-state index contributed by atoms with van der Waals surface area (Å²) < 4.78 is 0. The zero-order valence-electron chi connectivity index (χ0n) is 15.8. The van der Waals surface area contributed by atoms with E-state index in [1.165, 1.54) is 52.6 Å². The average molecular weight is 344 g/mol. The van der Waals surface area contributed by atoms with Gasteiger partial charge < -0.3 is 5.11 Å². The normalized spacial score (nSPS) is 10.9. The van der Waals surface area contributed by atoms with Gasteiger partial charge in [-0.2, -0.15) is 0 Å². The third kappa shape index (κ3) is 4.23. The Morgan fingerprint density at radius 3 is 1.92 bits per heavy atom. The van der Waals surface area contributed by atoms with Gasteiger partial charge in [-0.3, -0.25) is 0 Å². The highest BCUT2D eigenvalue weighted by atomic mass is 16.3. The molecule has 0 aliphatic carbocycles. The number of hydrogen-bond donors (Lipinski definition) is 1. The summed E-state index contributed by atoms with van der Waals surface area (Å²) in [7, 11) is 0. The molecule has 1 N–H and O–H groups in total. The highest BCUT2D eigenvalue weighted by Crippen LogP contribution is 2.30. The van der Waals surface area contributed by atoms with Crippen LogP contribution < -0.4 is 0 Å². The van der Waals surface area contributed by atoms with Gasteiger partial charge in [-0.05, 0) is 58.2 Å². The molecule has 0 radical (unpaired) electrons. The summed E-state index contributed by atoms with van der Waals surface area (Å²) in [6.07, 6.45) is 4.66. The van der Waals surface area contributed by atoms with Gasteiger partial charge in [0.1, 0.15) is 0 Å². The van der Waals surface area contributed by atoms with Crippen molar-refractivity contribution in [1.82, 2.24) is 0 Å². The van der Waals surface area contributed by atoms with E-state index in [0.717, 1.165) is 12.0 Å². The van der Waals surface area contributed by atoms with Crippen LogP contribution >= 0.6 is 0 Å². The summed E-state index contributed by atoms with van der Waals surface area (Å²) in [6, 6.07) is 24.0. The first-order valence-electron chi connectivity index (χ1n) is 9.67. The molecule has 3 rings (SSSR count). The van der Waals surface area contributed by atoms with Gasteiger partial charge in [0.25, 0.3) is 0 Å². The van der Waals surface area contributed by atoms with Crippen molar-refractivity contribution in [2.24, 2.45) is 0 Å². The molecule has 1 nitrogen and oxygen atoms in total. The summed E-state index contributed by atoms with van der Waals surface area (Å²) in [5.41, 5.74) is 8.77. The average Bonchev–Trinajstić information content (AvgIpc) is 2.72. The number of aryl methyl sites for hydroxylation is 2. The number of unbranched alkanes of at least 4 members (excludes halogenated alkanes) is 1. The van der Waals surface area contributed by atoms with Crippen LogP contribution in [0.3, 0.4) is 0 Å². The van der Waals surface area contributed by atoms with Crippen LogP contribution in [-0.2, 0) is 19.4 Å². The van der Waals surface area contributed by atoms with E-state index in [1.807, 2.05) is 12.1 Å². The topological polar surface area (TPSA) is 20.2 Å². The van der Waals surface area contributed by atoms with Crippen molar-refractivity contribution in [3.8, 4) is 22.3 Å². The van der Waals surface area contributed by atoms with Gasteiger partial charge >= 0.3 is 0 Å². The number of hydrogen-bond acceptors (Lipinski definition) is 1. The molecule has 0 unspecified atom stereocenters. The van der Waals surface area contributed by atoms with E-state index < -0.39 is 0 Å². The van der Waals surface area contributed by atoms with Crippen LogP contribution in [0.1, 0.15) is 43.4 Å². The molecule has 0 fully saturated rings. The molecule has 0 spiro atoms. The molecule has 3 aromatic rings. The predicted molar refractivity (Wildman–Crippen MR) is 111 cm³/mol. The third-order valence-electron chi connectivity index (χ3n) is 5.04. The molecule has 26 heavy (non-hydrogen) atoms. The smallest absolute Gasteiger partial charge is 0.0681 e. The molecule has 0 atom stereocenters. The van der Waals surface area contributed by atoms with Crippen LogP contribution in [0.2, 0.25) is 0 Å². The third-order valence-corrected chi connectivity index (χ3v) is 5.04. The lowest BCUT2D eigenvalue weighted by Gasteiger charge is -2.12. The van der Waals surface area contributed by atoms with Crippen LogP contribution in [0.5, 0.6) is 0 Å². The second kappa shape index (κ2) is 8.82. The molecule has 0 bridgehead atoms. The Hall–Kier alpha value is -2.38. The molecule has 0 amide bonds. The summed E-state index contributed by atoms with van der Waals surface area (Å²) in [4.78, 5) is 0. The molecule has 0 aliphatic heterocycles. The van der Waals surface area contributed by atoms with Crippen LogP contribution in [0.4, 0.5) is 0 Å². The maximum Gasteiger partial charge on any atom is 0.0681 e. The van der Waals surface area contributed by atoms with Gasteiger partial charge in [0, 0.05) is 0 Å². The van der Waals surface area contributed by atoms with Crippen LogP contribution in [0.25, 0.3) is 22.3 Å². The fourth-order valence-electron chi connectivity index (χ4n) is 3.38. The predicted octanol–water partition coefficient (Wildman–Crippen LogP) is 6.42. The lowest BCUT2D eigenvalue weighted by molar-refractivity contribution is 0.282. The Labute approximate surface area is 157 Å². The van der Waals surface area contributed by atoms with E-state index in [4.69, 9.17) is 0 Å². The molecular formula is C25H28O. The standard InChI is InChI=1S/C25H28O/c1-3-5-6-19-7-11-22(12-8-19)24-15-16-25(21(4-2)17-24)23-13-9-20(18-26)10-14-23/h7-17,26H,3-6,18H2,1-2H3. The van der Waals surface area contributed by atoms with E-state index in [-0.39, 0.29) is 6.61 Å². The number of aliphatic hydroxyl groups excluding tert-OH is 1. The van der Waals surface area contributed by atoms with Crippen LogP contribution in [0.15, 0.2) is 66.7 Å². The number of aliphatic hydroxyl groups is 1. The molecule has 1 heteroatoms. The van der Waals surface area contributed by atoms with Gasteiger partial charge in [-0.15, -0.1) is 0 Å². The minimum absolute atomic E-state index is 0.0914. The first kappa shape index (κ1) is 18.4. The maximum atomic E-state index is 9.23. The van der Waals surface area contributed by atoms with Gasteiger partial charge in [-0.25, -0.2) is 0 Å². The van der Waals surface area contributed by atoms with E-state index in [9.17, 15) is 5.11 Å². The highest BCUT2D eigenvalue weighted by molar-refractivity contribution is 5.74. The number of benzene rings is 3. The van der Waals surface area contributed by atoms with E-state index in [0.29, 0.717) is 0 Å². The monoisotopic (exact) mass is 344 g/mol. The van der Waals surface area contributed by atoms with Crippen molar-refractivity contribution < 1.29 is 5.11 Å². The molecule has 3 aromatic carbocycles. The Kier molecular flexibility index (Phi) is 6.25. The lowest BCUT2D eigenvalue weighted by atomic mass is 9.93. The first-order chi connectivity index (χ1) is 12.7. The zero-order valence-corrected chi connectivity index (χ0v) is 15.8. The van der Waals surface area contributed by atoms with Crippen molar-refractivity contribution in [3.05, 3.63) is 83.4 Å². The summed E-state index contributed by atoms with van der Waals surface area (Å²) in [5.74, 6) is 0. The fourth-order valence-corrected chi connectivity index (χ4v) is 3.38. The van der Waals surface area contributed by atoms with Gasteiger partial charge in [0.2, 0.25) is 0 Å². The summed E-state index contributed by atoms with van der Waals surface area (Å²) in [5, 5.41) is 9.23. The Morgan fingerprint density at radius 1 is 0.692 bits per heavy atom. The van der Waals surface area contributed by atoms with Crippen LogP contribution in [0, 0.1) is 0 Å². The Morgan fingerprint density at radius 2 is 1.31 bits per heavy atom. The first-order valence-corrected chi connectivity index (χ1v) is 9.67. The second-order valence-corrected chi connectivity index (χ2v) is 6.88. The zero-order chi connectivity index (χ0) is 18.4. The minimum Gasteiger partial charge on any atom is -0.392 e. The van der Waals surface area contributed by atoms with Crippen molar-refractivity contribution in [2.75, 3.05) is 0 Å². The SMILES string of the molecule is CCCCc1ccc(-c2ccc(-c3ccc(CO)cc3)c(CC)c2)cc1. The van der Waals surface area contributed by atoms with Gasteiger partial charge in [0.05, 0.1) is 6.61 Å². The molecule has 0 heterocycles. The van der Waals surface area contributed by atoms with Gasteiger partial charge in [0.15, 0.2) is 0 Å². The fraction of sp³-hybridized carbons (Fsp3) is 0.280. The summed E-state index contributed by atoms with van der Waals surface area (Å²) in [6.45, 7) is 4.53. The molecular weight excluding hydrogens is 316 g/mol. The molecule has 0 aliphatic rings. The van der Waals surface area contributed by atoms with Gasteiger partial charge in [-0.1, -0.05) is 87.0 Å². The quantitative estimate of drug-likeness (QED) is 0.524. The maximum absolute atomic E-state index is 9.23. The summed E-state index contributed by atoms with van der Waals surface area (Å²) >= 11 is 0. The molecule has 0 saturated heterocycles. The number of rotatable bonds is 7. The Bertz CT molecular complexity index is 829. The minimum atomic E-state index is 0.0914. The molecule has 0 aromatic heterocycles. The molecule has 134 valence electrons. The van der Waals surface area contributed by atoms with Crippen LogP contribution in [-0.4, -0.2) is 5.11 Å².